The Morgan fingerprint density at radius 2 is 1.68 bits per heavy atom. The smallest absolute Gasteiger partial charge is 0.282 e. The molecule has 7 heteroatoms. The molecule has 7 nitrogen and oxygen atoms in total. The zero-order chi connectivity index (χ0) is 20.9. The fourth-order valence-electron chi connectivity index (χ4n) is 3.63. The van der Waals surface area contributed by atoms with E-state index < -0.39 is 5.54 Å². The molecule has 0 bridgehead atoms. The van der Waals surface area contributed by atoms with Gasteiger partial charge < -0.3 is 19.3 Å². The Bertz CT molecular complexity index is 721. The van der Waals surface area contributed by atoms with Gasteiger partial charge in [0.1, 0.15) is 11.3 Å². The number of amides is 1. The van der Waals surface area contributed by atoms with Crippen molar-refractivity contribution in [2.45, 2.75) is 39.7 Å². The van der Waals surface area contributed by atoms with Gasteiger partial charge in [0.15, 0.2) is 6.79 Å². The largest absolute Gasteiger partial charge is 0.509 e. The number of benzene rings is 1. The van der Waals surface area contributed by atoms with Crippen LogP contribution in [-0.4, -0.2) is 62.4 Å². The zero-order valence-corrected chi connectivity index (χ0v) is 17.6. The third kappa shape index (κ3) is 4.38. The van der Waals surface area contributed by atoms with Gasteiger partial charge in [-0.25, -0.2) is 9.90 Å². The number of aryl methyl sites for hydroxylation is 3. The van der Waals surface area contributed by atoms with Gasteiger partial charge in [-0.05, 0) is 44.4 Å². The van der Waals surface area contributed by atoms with Gasteiger partial charge in [-0.15, -0.1) is 0 Å². The van der Waals surface area contributed by atoms with Crippen molar-refractivity contribution in [3.63, 3.8) is 0 Å². The average Bonchev–Trinajstić information content (AvgIpc) is 2.80. The molecule has 1 aromatic carbocycles. The van der Waals surface area contributed by atoms with Crippen LogP contribution in [0, 0.1) is 20.8 Å². The Morgan fingerprint density at radius 1 is 1.04 bits per heavy atom. The number of hydrogen-bond donors (Lipinski definition) is 1. The highest BCUT2D eigenvalue weighted by Crippen LogP contribution is 2.43. The lowest BCUT2D eigenvalue weighted by Gasteiger charge is -2.33. The fraction of sp³-hybridized carbons (Fsp3) is 0.571. The standard InChI is InChI=1S/C21H31NO6/c1-14-11-15(2)17(16(3)12-14)18-19(23)21(4,7-8-27-10-9-25-5)22(20(18)24)28-13-26-6/h11-12,23H,7-10,13H2,1-6H3. The molecule has 0 saturated carbocycles. The second kappa shape index (κ2) is 9.52. The summed E-state index contributed by atoms with van der Waals surface area (Å²) in [5.74, 6) is -0.400. The van der Waals surface area contributed by atoms with Crippen LogP contribution in [0.25, 0.3) is 5.57 Å². The molecule has 1 aliphatic rings. The van der Waals surface area contributed by atoms with E-state index >= 15 is 0 Å². The summed E-state index contributed by atoms with van der Waals surface area (Å²) < 4.78 is 15.5. The van der Waals surface area contributed by atoms with Crippen molar-refractivity contribution in [3.05, 3.63) is 40.1 Å². The van der Waals surface area contributed by atoms with Crippen molar-refractivity contribution in [1.82, 2.24) is 5.06 Å². The van der Waals surface area contributed by atoms with E-state index in [0.717, 1.165) is 22.3 Å². The molecule has 1 unspecified atom stereocenters. The number of hydrogen-bond acceptors (Lipinski definition) is 6. The molecule has 0 spiro atoms. The van der Waals surface area contributed by atoms with Crippen molar-refractivity contribution in [2.24, 2.45) is 0 Å². The monoisotopic (exact) mass is 393 g/mol. The molecule has 0 fully saturated rings. The van der Waals surface area contributed by atoms with Crippen LogP contribution >= 0.6 is 0 Å². The van der Waals surface area contributed by atoms with E-state index in [1.54, 1.807) is 14.0 Å². The van der Waals surface area contributed by atoms with E-state index in [1.165, 1.54) is 12.2 Å². The van der Waals surface area contributed by atoms with Crippen LogP contribution in [0.4, 0.5) is 0 Å². The summed E-state index contributed by atoms with van der Waals surface area (Å²) >= 11 is 0. The van der Waals surface area contributed by atoms with Crippen LogP contribution in [-0.2, 0) is 23.8 Å². The van der Waals surface area contributed by atoms with Gasteiger partial charge in [0.25, 0.3) is 5.91 Å². The number of ether oxygens (including phenoxy) is 3. The molecule has 1 amide bonds. The first-order valence-electron chi connectivity index (χ1n) is 9.33. The summed E-state index contributed by atoms with van der Waals surface area (Å²) in [6.07, 6.45) is 0.367. The molecule has 1 N–H and O–H groups in total. The predicted molar refractivity (Wildman–Crippen MR) is 106 cm³/mol. The van der Waals surface area contributed by atoms with Gasteiger partial charge in [-0.2, -0.15) is 0 Å². The number of carbonyl (C=O) groups excluding carboxylic acids is 1. The van der Waals surface area contributed by atoms with Crippen LogP contribution in [0.15, 0.2) is 17.9 Å². The quantitative estimate of drug-likeness (QED) is 0.486. The second-order valence-electron chi connectivity index (χ2n) is 7.26. The Kier molecular flexibility index (Phi) is 7.60. The SMILES string of the molecule is COCCOCCC1(C)C(O)=C(c2c(C)cc(C)cc2C)C(=O)N1OCOC. The first-order chi connectivity index (χ1) is 13.3. The topological polar surface area (TPSA) is 77.5 Å². The Labute approximate surface area is 166 Å². The van der Waals surface area contributed by atoms with Crippen LogP contribution in [0.2, 0.25) is 0 Å². The molecule has 156 valence electrons. The predicted octanol–water partition coefficient (Wildman–Crippen LogP) is 3.07. The van der Waals surface area contributed by atoms with Gasteiger partial charge in [0.05, 0.1) is 18.8 Å². The molecule has 2 rings (SSSR count). The third-order valence-corrected chi connectivity index (χ3v) is 4.99. The highest BCUT2D eigenvalue weighted by molar-refractivity contribution is 6.23. The van der Waals surface area contributed by atoms with Gasteiger partial charge in [-0.3, -0.25) is 4.79 Å². The lowest BCUT2D eigenvalue weighted by atomic mass is 9.90. The Balaban J connectivity index is 2.41. The van der Waals surface area contributed by atoms with E-state index in [1.807, 2.05) is 32.9 Å². The maximum atomic E-state index is 13.2. The molecule has 1 aromatic rings. The Hall–Kier alpha value is -1.93. The maximum Gasteiger partial charge on any atom is 0.282 e. The third-order valence-electron chi connectivity index (χ3n) is 4.99. The van der Waals surface area contributed by atoms with Gasteiger partial charge in [0.2, 0.25) is 0 Å². The van der Waals surface area contributed by atoms with E-state index in [2.05, 4.69) is 0 Å². The lowest BCUT2D eigenvalue weighted by Crippen LogP contribution is -2.47. The molecule has 1 heterocycles. The minimum atomic E-state index is -1.05. The van der Waals surface area contributed by atoms with Crippen LogP contribution in [0.1, 0.15) is 35.6 Å². The summed E-state index contributed by atoms with van der Waals surface area (Å²) in [5.41, 5.74) is 2.92. The number of rotatable bonds is 10. The summed E-state index contributed by atoms with van der Waals surface area (Å²) in [5, 5.41) is 12.3. The van der Waals surface area contributed by atoms with Gasteiger partial charge in [0, 0.05) is 27.2 Å². The number of hydroxylamine groups is 2. The van der Waals surface area contributed by atoms with E-state index in [9.17, 15) is 9.90 Å². The van der Waals surface area contributed by atoms with Gasteiger partial charge >= 0.3 is 0 Å². The zero-order valence-electron chi connectivity index (χ0n) is 17.6. The second-order valence-corrected chi connectivity index (χ2v) is 7.26. The average molecular weight is 393 g/mol. The number of nitrogens with zero attached hydrogens (tertiary/aromatic N) is 1. The van der Waals surface area contributed by atoms with Crippen LogP contribution in [0.3, 0.4) is 0 Å². The normalized spacial score (nSPS) is 19.8. The number of aliphatic hydroxyl groups excluding tert-OH is 1. The van der Waals surface area contributed by atoms with Gasteiger partial charge in [-0.1, -0.05) is 17.7 Å². The summed E-state index contributed by atoms with van der Waals surface area (Å²) in [6.45, 7) is 8.80. The van der Waals surface area contributed by atoms with Crippen molar-refractivity contribution >= 4 is 11.5 Å². The van der Waals surface area contributed by atoms with Crippen molar-refractivity contribution in [2.75, 3.05) is 40.8 Å². The van der Waals surface area contributed by atoms with Crippen molar-refractivity contribution < 1.29 is 28.9 Å². The summed E-state index contributed by atoms with van der Waals surface area (Å²) in [6, 6.07) is 4.00. The molecular weight excluding hydrogens is 362 g/mol. The first-order valence-corrected chi connectivity index (χ1v) is 9.33. The number of methoxy groups -OCH3 is 2. The minimum Gasteiger partial charge on any atom is -0.509 e. The van der Waals surface area contributed by atoms with Crippen LogP contribution in [0.5, 0.6) is 0 Å². The Morgan fingerprint density at radius 3 is 2.25 bits per heavy atom. The van der Waals surface area contributed by atoms with Crippen LogP contribution < -0.4 is 0 Å². The molecule has 1 atom stereocenters. The molecular formula is C21H31NO6. The molecule has 0 aliphatic carbocycles. The molecule has 0 saturated heterocycles. The number of aliphatic hydroxyl groups is 1. The van der Waals surface area contributed by atoms with E-state index in [0.29, 0.717) is 26.2 Å². The van der Waals surface area contributed by atoms with Crippen molar-refractivity contribution in [1.29, 1.82) is 0 Å². The first kappa shape index (κ1) is 22.4. The van der Waals surface area contributed by atoms with E-state index in [-0.39, 0.29) is 24.0 Å². The maximum absolute atomic E-state index is 13.2. The highest BCUT2D eigenvalue weighted by atomic mass is 16.8. The lowest BCUT2D eigenvalue weighted by molar-refractivity contribution is -0.243. The van der Waals surface area contributed by atoms with Crippen molar-refractivity contribution in [3.8, 4) is 0 Å². The molecule has 28 heavy (non-hydrogen) atoms. The molecule has 1 aliphatic heterocycles. The highest BCUT2D eigenvalue weighted by Gasteiger charge is 2.51. The number of carbonyl (C=O) groups is 1. The molecule has 0 radical (unpaired) electrons. The fourth-order valence-corrected chi connectivity index (χ4v) is 3.63. The minimum absolute atomic E-state index is 0.0148. The molecule has 0 aromatic heterocycles. The summed E-state index contributed by atoms with van der Waals surface area (Å²) in [4.78, 5) is 18.8. The summed E-state index contributed by atoms with van der Waals surface area (Å²) in [7, 11) is 3.09. The van der Waals surface area contributed by atoms with E-state index in [4.69, 9.17) is 19.0 Å².